The first-order valence-corrected chi connectivity index (χ1v) is 10.2. The van der Waals surface area contributed by atoms with Crippen molar-refractivity contribution in [1.82, 2.24) is 9.88 Å². The lowest BCUT2D eigenvalue weighted by Gasteiger charge is -2.25. The van der Waals surface area contributed by atoms with Crippen molar-refractivity contribution in [3.63, 3.8) is 0 Å². The molecule has 1 aromatic carbocycles. The second kappa shape index (κ2) is 6.73. The van der Waals surface area contributed by atoms with Gasteiger partial charge in [0.05, 0.1) is 5.69 Å². The van der Waals surface area contributed by atoms with Crippen LogP contribution >= 0.6 is 23.4 Å². The number of hydrogen-bond donors (Lipinski definition) is 0. The van der Waals surface area contributed by atoms with E-state index in [1.165, 1.54) is 0 Å². The Labute approximate surface area is 167 Å². The van der Waals surface area contributed by atoms with Gasteiger partial charge in [-0.25, -0.2) is 4.99 Å². The largest absolute Gasteiger partial charge is 0.459 e. The fraction of sp³-hybridized carbons (Fsp3) is 0.238. The lowest BCUT2D eigenvalue weighted by atomic mass is 10.0. The summed E-state index contributed by atoms with van der Waals surface area (Å²) in [6.45, 7) is 3.20. The lowest BCUT2D eigenvalue weighted by molar-refractivity contribution is 0.277. The van der Waals surface area contributed by atoms with Crippen LogP contribution in [0.15, 0.2) is 70.2 Å². The molecule has 0 aliphatic carbocycles. The number of nitrogens with zero attached hydrogens (tertiary/aromatic N) is 3. The summed E-state index contributed by atoms with van der Waals surface area (Å²) < 4.78 is 6.29. The Morgan fingerprint density at radius 3 is 2.74 bits per heavy atom. The molecule has 2 aliphatic heterocycles. The van der Waals surface area contributed by atoms with Gasteiger partial charge in [0.2, 0.25) is 0 Å². The van der Waals surface area contributed by atoms with E-state index in [9.17, 15) is 0 Å². The molecular weight excluding hydrogens is 378 g/mol. The summed E-state index contributed by atoms with van der Waals surface area (Å²) in [4.78, 5) is 11.9. The van der Waals surface area contributed by atoms with Crippen LogP contribution in [0.2, 0.25) is 5.02 Å². The van der Waals surface area contributed by atoms with Crippen molar-refractivity contribution >= 4 is 28.5 Å². The van der Waals surface area contributed by atoms with Crippen LogP contribution in [0.25, 0.3) is 11.3 Å². The van der Waals surface area contributed by atoms with Gasteiger partial charge < -0.3 is 9.32 Å². The SMILES string of the molecule is C[C@@H]1CN2C(=N[C@H](c3ccccn3)[C@@H]2c2ccc(-c3ccc(Cl)cc3)o2)S1. The number of aliphatic imine (C=N–C) groups is 1. The van der Waals surface area contributed by atoms with Gasteiger partial charge in [0.1, 0.15) is 23.6 Å². The second-order valence-corrected chi connectivity index (χ2v) is 8.69. The molecule has 0 unspecified atom stereocenters. The number of pyridine rings is 1. The Morgan fingerprint density at radius 1 is 1.11 bits per heavy atom. The van der Waals surface area contributed by atoms with E-state index in [1.54, 1.807) is 0 Å². The molecule has 6 heteroatoms. The molecule has 0 spiro atoms. The van der Waals surface area contributed by atoms with Gasteiger partial charge in [0, 0.05) is 28.6 Å². The zero-order valence-electron chi connectivity index (χ0n) is 14.7. The van der Waals surface area contributed by atoms with Crippen LogP contribution in [0, 0.1) is 0 Å². The van der Waals surface area contributed by atoms with Crippen LogP contribution in [0.4, 0.5) is 0 Å². The number of furan rings is 1. The van der Waals surface area contributed by atoms with Crippen molar-refractivity contribution in [3.8, 4) is 11.3 Å². The molecule has 136 valence electrons. The molecule has 4 heterocycles. The fourth-order valence-corrected chi connectivity index (χ4v) is 4.93. The summed E-state index contributed by atoms with van der Waals surface area (Å²) in [7, 11) is 0. The third kappa shape index (κ3) is 3.05. The van der Waals surface area contributed by atoms with Gasteiger partial charge in [0.15, 0.2) is 5.17 Å². The van der Waals surface area contributed by atoms with Crippen molar-refractivity contribution < 1.29 is 4.42 Å². The number of benzene rings is 1. The highest BCUT2D eigenvalue weighted by atomic mass is 35.5. The number of aromatic nitrogens is 1. The molecule has 1 saturated heterocycles. The molecule has 3 atom stereocenters. The predicted molar refractivity (Wildman–Crippen MR) is 110 cm³/mol. The maximum absolute atomic E-state index is 6.29. The molecule has 2 aliphatic rings. The first-order chi connectivity index (χ1) is 13.2. The predicted octanol–water partition coefficient (Wildman–Crippen LogP) is 5.58. The molecule has 5 rings (SSSR count). The number of thioether (sulfide) groups is 1. The topological polar surface area (TPSA) is 41.6 Å². The van der Waals surface area contributed by atoms with E-state index in [0.717, 1.165) is 39.5 Å². The van der Waals surface area contributed by atoms with Crippen molar-refractivity contribution in [2.24, 2.45) is 4.99 Å². The van der Waals surface area contributed by atoms with E-state index < -0.39 is 0 Å². The highest BCUT2D eigenvalue weighted by molar-refractivity contribution is 8.14. The Kier molecular flexibility index (Phi) is 4.21. The number of fused-ring (bicyclic) bond motifs is 1. The quantitative estimate of drug-likeness (QED) is 0.580. The maximum Gasteiger partial charge on any atom is 0.161 e. The standard InChI is InChI=1S/C21H18ClN3OS/c1-13-12-25-20(19(24-21(25)27-13)16-4-2-3-11-23-16)18-10-9-17(26-18)14-5-7-15(22)8-6-14/h2-11,13,19-20H,12H2,1H3/t13-,19-,20+/m1/s1. The van der Waals surface area contributed by atoms with Crippen molar-refractivity contribution in [2.45, 2.75) is 24.3 Å². The summed E-state index contributed by atoms with van der Waals surface area (Å²) in [6, 6.07) is 17.8. The van der Waals surface area contributed by atoms with E-state index >= 15 is 0 Å². The van der Waals surface area contributed by atoms with Gasteiger partial charge in [-0.2, -0.15) is 0 Å². The molecule has 3 aromatic rings. The fourth-order valence-electron chi connectivity index (χ4n) is 3.71. The average molecular weight is 396 g/mol. The monoisotopic (exact) mass is 395 g/mol. The van der Waals surface area contributed by atoms with Gasteiger partial charge in [0.25, 0.3) is 0 Å². The molecule has 0 N–H and O–H groups in total. The van der Waals surface area contributed by atoms with Gasteiger partial charge in [-0.05, 0) is 48.5 Å². The first-order valence-electron chi connectivity index (χ1n) is 8.97. The minimum atomic E-state index is -0.0505. The molecule has 0 radical (unpaired) electrons. The Balaban J connectivity index is 1.53. The van der Waals surface area contributed by atoms with E-state index in [-0.39, 0.29) is 12.1 Å². The molecule has 0 bridgehead atoms. The summed E-state index contributed by atoms with van der Waals surface area (Å²) in [5.41, 5.74) is 1.99. The Morgan fingerprint density at radius 2 is 1.96 bits per heavy atom. The molecule has 27 heavy (non-hydrogen) atoms. The lowest BCUT2D eigenvalue weighted by Crippen LogP contribution is -2.28. The van der Waals surface area contributed by atoms with Crippen LogP contribution in [0.3, 0.4) is 0 Å². The third-order valence-corrected chi connectivity index (χ3v) is 6.28. The summed E-state index contributed by atoms with van der Waals surface area (Å²) >= 11 is 7.84. The van der Waals surface area contributed by atoms with Crippen LogP contribution in [-0.2, 0) is 0 Å². The number of rotatable bonds is 3. The van der Waals surface area contributed by atoms with Crippen LogP contribution < -0.4 is 0 Å². The molecule has 2 aromatic heterocycles. The summed E-state index contributed by atoms with van der Waals surface area (Å²) in [5, 5.41) is 2.34. The number of halogens is 1. The van der Waals surface area contributed by atoms with Gasteiger partial charge in [-0.3, -0.25) is 4.98 Å². The normalized spacial score (nSPS) is 24.1. The minimum Gasteiger partial charge on any atom is -0.459 e. The van der Waals surface area contributed by atoms with E-state index in [0.29, 0.717) is 5.25 Å². The Bertz CT molecular complexity index is 986. The third-order valence-electron chi connectivity index (χ3n) is 4.93. The average Bonchev–Trinajstić information content (AvgIpc) is 3.37. The number of hydrogen-bond acceptors (Lipinski definition) is 5. The molecule has 1 fully saturated rings. The van der Waals surface area contributed by atoms with Crippen molar-refractivity contribution in [1.29, 1.82) is 0 Å². The van der Waals surface area contributed by atoms with Crippen LogP contribution in [-0.4, -0.2) is 26.8 Å². The highest BCUT2D eigenvalue weighted by Crippen LogP contribution is 2.48. The highest BCUT2D eigenvalue weighted by Gasteiger charge is 2.45. The zero-order chi connectivity index (χ0) is 18.4. The Hall–Kier alpha value is -2.24. The van der Waals surface area contributed by atoms with Gasteiger partial charge in [-0.1, -0.05) is 36.4 Å². The zero-order valence-corrected chi connectivity index (χ0v) is 16.3. The van der Waals surface area contributed by atoms with Gasteiger partial charge in [-0.15, -0.1) is 0 Å². The van der Waals surface area contributed by atoms with E-state index in [1.807, 2.05) is 66.5 Å². The number of amidine groups is 1. The smallest absolute Gasteiger partial charge is 0.161 e. The summed E-state index contributed by atoms with van der Waals surface area (Å²) in [5.74, 6) is 1.76. The van der Waals surface area contributed by atoms with E-state index in [4.69, 9.17) is 21.0 Å². The minimum absolute atomic E-state index is 0.0356. The molecule has 0 saturated carbocycles. The van der Waals surface area contributed by atoms with Crippen LogP contribution in [0.5, 0.6) is 0 Å². The first kappa shape index (κ1) is 16.9. The molecular formula is C21H18ClN3OS. The van der Waals surface area contributed by atoms with Crippen molar-refractivity contribution in [2.75, 3.05) is 6.54 Å². The maximum atomic E-state index is 6.29. The van der Waals surface area contributed by atoms with E-state index in [2.05, 4.69) is 22.9 Å². The molecule has 4 nitrogen and oxygen atoms in total. The van der Waals surface area contributed by atoms with Crippen LogP contribution in [0.1, 0.15) is 30.5 Å². The van der Waals surface area contributed by atoms with Crippen molar-refractivity contribution in [3.05, 3.63) is 77.3 Å². The molecule has 0 amide bonds. The summed E-state index contributed by atoms with van der Waals surface area (Å²) in [6.07, 6.45) is 1.83. The van der Waals surface area contributed by atoms with Gasteiger partial charge >= 0.3 is 0 Å². The second-order valence-electron chi connectivity index (χ2n) is 6.85.